The third-order valence-corrected chi connectivity index (χ3v) is 3.65. The van der Waals surface area contributed by atoms with Gasteiger partial charge in [0.2, 0.25) is 0 Å². The van der Waals surface area contributed by atoms with Gasteiger partial charge in [-0.25, -0.2) is 4.39 Å². The summed E-state index contributed by atoms with van der Waals surface area (Å²) in [7, 11) is 1.53. The molecule has 0 radical (unpaired) electrons. The largest absolute Gasteiger partial charge is 0.388 e. The third kappa shape index (κ3) is 3.05. The van der Waals surface area contributed by atoms with Crippen molar-refractivity contribution in [2.75, 3.05) is 7.11 Å². The van der Waals surface area contributed by atoms with Crippen molar-refractivity contribution in [1.82, 2.24) is 5.32 Å². The quantitative estimate of drug-likeness (QED) is 0.890. The molecule has 1 aliphatic carbocycles. The minimum absolute atomic E-state index is 0.102. The highest BCUT2D eigenvalue weighted by Gasteiger charge is 2.35. The summed E-state index contributed by atoms with van der Waals surface area (Å²) in [4.78, 5) is 12.0. The van der Waals surface area contributed by atoms with E-state index in [0.29, 0.717) is 12.8 Å². The molecule has 2 N–H and O–H groups in total. The topological polar surface area (TPSA) is 58.6 Å². The maximum Gasteiger partial charge on any atom is 0.251 e. The summed E-state index contributed by atoms with van der Waals surface area (Å²) < 4.78 is 18.1. The van der Waals surface area contributed by atoms with Gasteiger partial charge >= 0.3 is 0 Å². The van der Waals surface area contributed by atoms with Crippen molar-refractivity contribution in [3.05, 3.63) is 34.6 Å². The van der Waals surface area contributed by atoms with Gasteiger partial charge in [0.15, 0.2) is 0 Å². The van der Waals surface area contributed by atoms with Crippen molar-refractivity contribution in [3.8, 4) is 0 Å². The number of carbonyl (C=O) groups is 1. The number of methoxy groups -OCH3 is 1. The lowest BCUT2D eigenvalue weighted by Crippen LogP contribution is -2.43. The number of ether oxygens (including phenoxy) is 1. The van der Waals surface area contributed by atoms with Crippen molar-refractivity contribution in [2.24, 2.45) is 0 Å². The predicted octanol–water partition coefficient (Wildman–Crippen LogP) is 1.75. The Bertz CT molecular complexity index is 483. The number of nitrogens with one attached hydrogen (secondary N) is 1. The molecule has 0 spiro atoms. The fourth-order valence-electron chi connectivity index (χ4n) is 2.25. The number of benzene rings is 1. The molecule has 1 fully saturated rings. The highest BCUT2D eigenvalue weighted by molar-refractivity contribution is 6.31. The molecule has 1 aromatic rings. The van der Waals surface area contributed by atoms with E-state index in [0.717, 1.165) is 6.07 Å². The van der Waals surface area contributed by atoms with Crippen LogP contribution in [0.15, 0.2) is 18.2 Å². The standard InChI is InChI=1S/C13H15ClFNO3/c1-19-11-5-4-10(12(11)17)16-13(18)7-2-3-9(15)8(14)6-7/h2-3,6,10-12,17H,4-5H2,1H3,(H,16,18)/t10-,11-,12-/m1/s1. The van der Waals surface area contributed by atoms with Gasteiger partial charge in [-0.1, -0.05) is 11.6 Å². The summed E-state index contributed by atoms with van der Waals surface area (Å²) in [5.74, 6) is -0.957. The van der Waals surface area contributed by atoms with E-state index in [-0.39, 0.29) is 28.6 Å². The SMILES string of the molecule is CO[C@@H]1CC[C@@H](NC(=O)c2ccc(F)c(Cl)c2)[C@H]1O. The third-order valence-electron chi connectivity index (χ3n) is 3.36. The highest BCUT2D eigenvalue weighted by Crippen LogP contribution is 2.23. The molecule has 1 aromatic carbocycles. The number of aliphatic hydroxyl groups excluding tert-OH is 1. The molecule has 19 heavy (non-hydrogen) atoms. The van der Waals surface area contributed by atoms with Crippen molar-refractivity contribution in [1.29, 1.82) is 0 Å². The average Bonchev–Trinajstić information content (AvgIpc) is 2.73. The van der Waals surface area contributed by atoms with Gasteiger partial charge in [0, 0.05) is 12.7 Å². The Kier molecular flexibility index (Phi) is 4.39. The van der Waals surface area contributed by atoms with Crippen LogP contribution in [0.2, 0.25) is 5.02 Å². The molecule has 0 unspecified atom stereocenters. The second-order valence-corrected chi connectivity index (χ2v) is 4.96. The van der Waals surface area contributed by atoms with Crippen LogP contribution < -0.4 is 5.32 Å². The van der Waals surface area contributed by atoms with Crippen LogP contribution in [-0.4, -0.2) is 36.4 Å². The number of rotatable bonds is 3. The summed E-state index contributed by atoms with van der Waals surface area (Å²) in [5.41, 5.74) is 0.263. The highest BCUT2D eigenvalue weighted by atomic mass is 35.5. The van der Waals surface area contributed by atoms with Gasteiger partial charge in [-0.05, 0) is 31.0 Å². The molecule has 3 atom stereocenters. The number of halogens is 2. The van der Waals surface area contributed by atoms with Crippen LogP contribution >= 0.6 is 11.6 Å². The van der Waals surface area contributed by atoms with Crippen molar-refractivity contribution < 1.29 is 19.0 Å². The molecule has 0 saturated heterocycles. The van der Waals surface area contributed by atoms with Gasteiger partial charge in [0.05, 0.1) is 17.2 Å². The van der Waals surface area contributed by atoms with Crippen LogP contribution in [0, 0.1) is 5.82 Å². The van der Waals surface area contributed by atoms with Crippen molar-refractivity contribution >= 4 is 17.5 Å². The molecule has 1 aliphatic rings. The zero-order valence-corrected chi connectivity index (χ0v) is 11.2. The van der Waals surface area contributed by atoms with Crippen molar-refractivity contribution in [3.63, 3.8) is 0 Å². The Morgan fingerprint density at radius 2 is 2.26 bits per heavy atom. The summed E-state index contributed by atoms with van der Waals surface area (Å²) in [5, 5.41) is 12.5. The predicted molar refractivity (Wildman–Crippen MR) is 68.7 cm³/mol. The van der Waals surface area contributed by atoms with Crippen LogP contribution in [0.1, 0.15) is 23.2 Å². The Morgan fingerprint density at radius 1 is 1.53 bits per heavy atom. The van der Waals surface area contributed by atoms with Gasteiger partial charge in [-0.15, -0.1) is 0 Å². The van der Waals surface area contributed by atoms with Gasteiger partial charge in [-0.2, -0.15) is 0 Å². The lowest BCUT2D eigenvalue weighted by atomic mass is 10.1. The number of carbonyl (C=O) groups excluding carboxylic acids is 1. The van der Waals surface area contributed by atoms with Crippen LogP contribution in [0.3, 0.4) is 0 Å². The van der Waals surface area contributed by atoms with E-state index in [1.807, 2.05) is 0 Å². The maximum atomic E-state index is 13.0. The Hall–Kier alpha value is -1.17. The first-order chi connectivity index (χ1) is 9.02. The van der Waals surface area contributed by atoms with Crippen molar-refractivity contribution in [2.45, 2.75) is 31.1 Å². The van der Waals surface area contributed by atoms with E-state index in [9.17, 15) is 14.3 Å². The molecule has 0 aromatic heterocycles. The molecular formula is C13H15ClFNO3. The maximum absolute atomic E-state index is 13.0. The zero-order valence-electron chi connectivity index (χ0n) is 10.4. The van der Waals surface area contributed by atoms with E-state index >= 15 is 0 Å². The molecule has 0 aliphatic heterocycles. The summed E-state index contributed by atoms with van der Waals surface area (Å²) >= 11 is 5.62. The van der Waals surface area contributed by atoms with Crippen LogP contribution in [0.5, 0.6) is 0 Å². The zero-order chi connectivity index (χ0) is 14.0. The minimum Gasteiger partial charge on any atom is -0.388 e. The van der Waals surface area contributed by atoms with Crippen LogP contribution in [0.4, 0.5) is 4.39 Å². The van der Waals surface area contributed by atoms with Gasteiger partial charge in [-0.3, -0.25) is 4.79 Å². The fourth-order valence-corrected chi connectivity index (χ4v) is 2.43. The Labute approximate surface area is 115 Å². The number of aliphatic hydroxyl groups is 1. The van der Waals surface area contributed by atoms with E-state index in [1.165, 1.54) is 19.2 Å². The van der Waals surface area contributed by atoms with E-state index in [1.54, 1.807) is 0 Å². The molecule has 1 amide bonds. The summed E-state index contributed by atoms with van der Waals surface area (Å²) in [6.07, 6.45) is 0.333. The smallest absolute Gasteiger partial charge is 0.251 e. The second-order valence-electron chi connectivity index (χ2n) is 4.55. The van der Waals surface area contributed by atoms with Crippen LogP contribution in [-0.2, 0) is 4.74 Å². The van der Waals surface area contributed by atoms with E-state index < -0.39 is 11.9 Å². The number of amides is 1. The molecule has 0 heterocycles. The Morgan fingerprint density at radius 3 is 2.84 bits per heavy atom. The normalized spacial score (nSPS) is 26.4. The fraction of sp³-hybridized carbons (Fsp3) is 0.462. The molecule has 6 heteroatoms. The molecule has 104 valence electrons. The summed E-state index contributed by atoms with van der Waals surface area (Å²) in [6.45, 7) is 0. The average molecular weight is 288 g/mol. The lowest BCUT2D eigenvalue weighted by Gasteiger charge is -2.19. The Balaban J connectivity index is 2.03. The van der Waals surface area contributed by atoms with E-state index in [2.05, 4.69) is 5.32 Å². The summed E-state index contributed by atoms with van der Waals surface area (Å²) in [6, 6.07) is 3.40. The first-order valence-electron chi connectivity index (χ1n) is 5.99. The van der Waals surface area contributed by atoms with E-state index in [4.69, 9.17) is 16.3 Å². The molecule has 1 saturated carbocycles. The first-order valence-corrected chi connectivity index (χ1v) is 6.37. The first kappa shape index (κ1) is 14.2. The molecule has 2 rings (SSSR count). The second kappa shape index (κ2) is 5.86. The van der Waals surface area contributed by atoms with Gasteiger partial charge < -0.3 is 15.2 Å². The molecular weight excluding hydrogens is 273 g/mol. The number of hydrogen-bond donors (Lipinski definition) is 2. The lowest BCUT2D eigenvalue weighted by molar-refractivity contribution is 0.000207. The van der Waals surface area contributed by atoms with Gasteiger partial charge in [0.1, 0.15) is 11.9 Å². The number of hydrogen-bond acceptors (Lipinski definition) is 3. The monoisotopic (exact) mass is 287 g/mol. The van der Waals surface area contributed by atoms with Crippen LogP contribution in [0.25, 0.3) is 0 Å². The minimum atomic E-state index is -0.732. The van der Waals surface area contributed by atoms with Gasteiger partial charge in [0.25, 0.3) is 5.91 Å². The molecule has 0 bridgehead atoms. The molecule has 4 nitrogen and oxygen atoms in total.